The highest BCUT2D eigenvalue weighted by Gasteiger charge is 2.54. The number of H-pyrrole nitrogens is 1. The van der Waals surface area contributed by atoms with Crippen LogP contribution in [0.4, 0.5) is 5.69 Å². The molecule has 4 aliphatic carbocycles. The van der Waals surface area contributed by atoms with E-state index in [1.54, 1.807) is 20.3 Å². The van der Waals surface area contributed by atoms with Crippen molar-refractivity contribution in [1.29, 1.82) is 0 Å². The zero-order valence-electron chi connectivity index (χ0n) is 17.6. The molecule has 3 aromatic rings. The number of nitrogens with one attached hydrogen (secondary N) is 2. The Balaban J connectivity index is 1.39. The predicted octanol–water partition coefficient (Wildman–Crippen LogP) is 2.67. The summed E-state index contributed by atoms with van der Waals surface area (Å²) in [6.45, 7) is 0. The third kappa shape index (κ3) is 2.94. The molecule has 7 rings (SSSR count). The highest BCUT2D eigenvalue weighted by Crippen LogP contribution is 2.56. The lowest BCUT2D eigenvalue weighted by atomic mass is 9.52. The lowest BCUT2D eigenvalue weighted by Gasteiger charge is -2.58. The number of hydrogen-bond acceptors (Lipinski definition) is 7. The van der Waals surface area contributed by atoms with Crippen molar-refractivity contribution in [2.24, 2.45) is 17.8 Å². The van der Waals surface area contributed by atoms with E-state index >= 15 is 0 Å². The smallest absolute Gasteiger partial charge is 0.294 e. The Bertz CT molecular complexity index is 1150. The van der Waals surface area contributed by atoms with Gasteiger partial charge in [0.2, 0.25) is 0 Å². The van der Waals surface area contributed by atoms with Crippen molar-refractivity contribution in [2.75, 3.05) is 19.4 Å². The number of hydrogen-bond donors (Lipinski definition) is 3. The molecule has 4 fully saturated rings. The third-order valence-electron chi connectivity index (χ3n) is 7.39. The highest BCUT2D eigenvalue weighted by molar-refractivity contribution is 5.97. The number of anilines is 1. The second-order valence-electron chi connectivity index (χ2n) is 9.77. The van der Waals surface area contributed by atoms with Crippen LogP contribution in [-0.4, -0.2) is 61.8 Å². The molecule has 4 saturated carbocycles. The monoisotopic (exact) mass is 422 g/mol. The molecule has 1 amide bonds. The molecule has 0 spiro atoms. The molecule has 0 saturated heterocycles. The maximum atomic E-state index is 12.2. The third-order valence-corrected chi connectivity index (χ3v) is 7.39. The average Bonchev–Trinajstić information content (AvgIpc) is 3.38. The summed E-state index contributed by atoms with van der Waals surface area (Å²) in [7, 11) is 3.30. The molecule has 9 heteroatoms. The van der Waals surface area contributed by atoms with E-state index in [-0.39, 0.29) is 23.7 Å². The molecule has 3 heterocycles. The van der Waals surface area contributed by atoms with Crippen molar-refractivity contribution in [2.45, 2.75) is 43.7 Å². The topological polar surface area (TPSA) is 120 Å². The van der Waals surface area contributed by atoms with Crippen molar-refractivity contribution < 1.29 is 14.4 Å². The predicted molar refractivity (Wildman–Crippen MR) is 113 cm³/mol. The van der Waals surface area contributed by atoms with Gasteiger partial charge in [-0.15, -0.1) is 0 Å². The first-order chi connectivity index (χ1) is 14.9. The summed E-state index contributed by atoms with van der Waals surface area (Å²) < 4.78 is 5.47. The Labute approximate surface area is 179 Å². The highest BCUT2D eigenvalue weighted by atomic mass is 16.5. The van der Waals surface area contributed by atoms with Gasteiger partial charge >= 0.3 is 0 Å². The standard InChI is InChI=1S/C22H26N6O3/c1-28(2)21(29)19-26-20(31-27-19)15-10-24-18-14(3-4-23-18)17(15)25-16-12-5-11-6-13(16)9-22(30,7-11)8-12/h3-4,10-13,16,30H,5-9H2,1-2H3,(H2,23,24,25)/t11?,12?,13?,16-,22+. The number of aromatic amines is 1. The van der Waals surface area contributed by atoms with Crippen molar-refractivity contribution in [1.82, 2.24) is 25.0 Å². The Hall–Kier alpha value is -2.94. The molecular weight excluding hydrogens is 396 g/mol. The quantitative estimate of drug-likeness (QED) is 0.591. The fourth-order valence-corrected chi connectivity index (χ4v) is 6.33. The summed E-state index contributed by atoms with van der Waals surface area (Å²) in [6, 6.07) is 2.27. The van der Waals surface area contributed by atoms with E-state index in [2.05, 4.69) is 25.4 Å². The summed E-state index contributed by atoms with van der Waals surface area (Å²) in [6.07, 6.45) is 8.57. The first-order valence-electron chi connectivity index (χ1n) is 10.9. The summed E-state index contributed by atoms with van der Waals surface area (Å²) in [5.74, 6) is 1.51. The van der Waals surface area contributed by atoms with Crippen LogP contribution < -0.4 is 5.32 Å². The van der Waals surface area contributed by atoms with E-state index < -0.39 is 5.60 Å². The summed E-state index contributed by atoms with van der Waals surface area (Å²) in [5.41, 5.74) is 1.87. The number of carbonyl (C=O) groups excluding carboxylic acids is 1. The molecule has 4 bridgehead atoms. The number of aliphatic hydroxyl groups is 1. The van der Waals surface area contributed by atoms with Crippen LogP contribution in [0.3, 0.4) is 0 Å². The Morgan fingerprint density at radius 3 is 2.77 bits per heavy atom. The van der Waals surface area contributed by atoms with Crippen LogP contribution in [0, 0.1) is 17.8 Å². The van der Waals surface area contributed by atoms with E-state index in [1.807, 2.05) is 12.3 Å². The lowest BCUT2D eigenvalue weighted by molar-refractivity contribution is -0.129. The van der Waals surface area contributed by atoms with E-state index in [0.29, 0.717) is 23.3 Å². The molecule has 2 unspecified atom stereocenters. The van der Waals surface area contributed by atoms with Crippen LogP contribution in [0.1, 0.15) is 42.7 Å². The largest absolute Gasteiger partial charge is 0.390 e. The molecule has 162 valence electrons. The first kappa shape index (κ1) is 18.8. The molecule has 0 radical (unpaired) electrons. The fourth-order valence-electron chi connectivity index (χ4n) is 6.33. The fraction of sp³-hybridized carbons (Fsp3) is 0.545. The maximum Gasteiger partial charge on any atom is 0.294 e. The van der Waals surface area contributed by atoms with E-state index in [9.17, 15) is 9.90 Å². The molecule has 31 heavy (non-hydrogen) atoms. The molecule has 9 nitrogen and oxygen atoms in total. The first-order valence-corrected chi connectivity index (χ1v) is 10.9. The number of pyridine rings is 1. The minimum absolute atomic E-state index is 0.0250. The van der Waals surface area contributed by atoms with E-state index in [1.165, 1.54) is 4.90 Å². The zero-order valence-corrected chi connectivity index (χ0v) is 17.6. The van der Waals surface area contributed by atoms with Crippen LogP contribution in [0.2, 0.25) is 0 Å². The molecule has 3 N–H and O–H groups in total. The van der Waals surface area contributed by atoms with Crippen molar-refractivity contribution in [3.63, 3.8) is 0 Å². The minimum atomic E-state index is -0.479. The van der Waals surface area contributed by atoms with Gasteiger partial charge in [-0.1, -0.05) is 5.16 Å². The van der Waals surface area contributed by atoms with Crippen LogP contribution in [-0.2, 0) is 0 Å². The van der Waals surface area contributed by atoms with Crippen LogP contribution >= 0.6 is 0 Å². The second kappa shape index (κ2) is 6.53. The molecule has 3 aromatic heterocycles. The zero-order chi connectivity index (χ0) is 21.3. The second-order valence-corrected chi connectivity index (χ2v) is 9.77. The molecule has 0 aliphatic heterocycles. The van der Waals surface area contributed by atoms with Gasteiger partial charge in [0.15, 0.2) is 0 Å². The number of rotatable bonds is 4. The van der Waals surface area contributed by atoms with Gasteiger partial charge in [0, 0.05) is 37.9 Å². The van der Waals surface area contributed by atoms with Gasteiger partial charge in [0.25, 0.3) is 17.6 Å². The van der Waals surface area contributed by atoms with Gasteiger partial charge < -0.3 is 24.8 Å². The summed E-state index contributed by atoms with van der Waals surface area (Å²) in [5, 5.41) is 19.6. The van der Waals surface area contributed by atoms with Gasteiger partial charge in [-0.2, -0.15) is 4.98 Å². The van der Waals surface area contributed by atoms with Crippen LogP contribution in [0.25, 0.3) is 22.5 Å². The van der Waals surface area contributed by atoms with Crippen LogP contribution in [0.5, 0.6) is 0 Å². The number of carbonyl (C=O) groups is 1. The van der Waals surface area contributed by atoms with Gasteiger partial charge in [-0.05, 0) is 55.9 Å². The molecule has 4 aliphatic rings. The maximum absolute atomic E-state index is 12.2. The Kier molecular flexibility index (Phi) is 3.96. The van der Waals surface area contributed by atoms with Gasteiger partial charge in [0.05, 0.1) is 16.9 Å². The summed E-state index contributed by atoms with van der Waals surface area (Å²) >= 11 is 0. The summed E-state index contributed by atoms with van der Waals surface area (Å²) in [4.78, 5) is 25.7. The SMILES string of the molecule is CN(C)C(=O)c1noc(-c2cnc3[nH]ccc3c2N[C@H]2C3CC4CC2C[C@@](O)(C4)C3)n1. The van der Waals surface area contributed by atoms with E-state index in [4.69, 9.17) is 4.52 Å². The number of amides is 1. The molecule has 2 atom stereocenters. The van der Waals surface area contributed by atoms with Gasteiger partial charge in [0.1, 0.15) is 5.65 Å². The lowest BCUT2D eigenvalue weighted by Crippen LogP contribution is -2.59. The van der Waals surface area contributed by atoms with Crippen LogP contribution in [0.15, 0.2) is 23.0 Å². The molecule has 0 aromatic carbocycles. The van der Waals surface area contributed by atoms with E-state index in [0.717, 1.165) is 48.8 Å². The van der Waals surface area contributed by atoms with Crippen molar-refractivity contribution in [3.8, 4) is 11.5 Å². The normalized spacial score (nSPS) is 31.3. The van der Waals surface area contributed by atoms with Gasteiger partial charge in [-0.3, -0.25) is 4.79 Å². The average molecular weight is 422 g/mol. The number of fused-ring (bicyclic) bond motifs is 1. The minimum Gasteiger partial charge on any atom is -0.390 e. The molecular formula is C22H26N6O3. The van der Waals surface area contributed by atoms with Crippen molar-refractivity contribution in [3.05, 3.63) is 24.3 Å². The number of nitrogens with zero attached hydrogens (tertiary/aromatic N) is 4. The number of aromatic nitrogens is 4. The van der Waals surface area contributed by atoms with Crippen molar-refractivity contribution >= 4 is 22.6 Å². The Morgan fingerprint density at radius 1 is 1.29 bits per heavy atom. The van der Waals surface area contributed by atoms with Gasteiger partial charge in [-0.25, -0.2) is 4.98 Å². The Morgan fingerprint density at radius 2 is 2.06 bits per heavy atom.